The number of aryl methyl sites for hydroxylation is 1. The van der Waals surface area contributed by atoms with Crippen molar-refractivity contribution in [2.24, 2.45) is 0 Å². The van der Waals surface area contributed by atoms with E-state index in [4.69, 9.17) is 9.72 Å². The van der Waals surface area contributed by atoms with Crippen LogP contribution < -0.4 is 15.8 Å². The Morgan fingerprint density at radius 3 is 2.64 bits per heavy atom. The first-order valence-electron chi connectivity index (χ1n) is 11.4. The normalized spacial score (nSPS) is 17.2. The summed E-state index contributed by atoms with van der Waals surface area (Å²) in [5.74, 6) is -0.277. The molecule has 8 nitrogen and oxygen atoms in total. The van der Waals surface area contributed by atoms with Crippen molar-refractivity contribution in [1.82, 2.24) is 9.55 Å². The van der Waals surface area contributed by atoms with Crippen LogP contribution in [0.5, 0.6) is 0 Å². The fourth-order valence-corrected chi connectivity index (χ4v) is 4.55. The third kappa shape index (κ3) is 4.06. The molecule has 33 heavy (non-hydrogen) atoms. The fourth-order valence-electron chi connectivity index (χ4n) is 4.55. The number of aromatic nitrogens is 2. The van der Waals surface area contributed by atoms with Crippen molar-refractivity contribution in [2.75, 3.05) is 36.5 Å². The Balaban J connectivity index is 1.64. The minimum absolute atomic E-state index is 0.00734. The molecule has 2 aromatic carbocycles. The number of carboxylic acids is 1. The molecule has 172 valence electrons. The predicted molar refractivity (Wildman–Crippen MR) is 127 cm³/mol. The lowest BCUT2D eigenvalue weighted by molar-refractivity contribution is 0.0698. The molecule has 1 saturated carbocycles. The number of aromatic carboxylic acids is 1. The van der Waals surface area contributed by atoms with Gasteiger partial charge in [-0.25, -0.2) is 9.78 Å². The monoisotopic (exact) mass is 448 g/mol. The summed E-state index contributed by atoms with van der Waals surface area (Å²) in [6, 6.07) is 10.7. The van der Waals surface area contributed by atoms with Gasteiger partial charge in [0, 0.05) is 30.4 Å². The summed E-state index contributed by atoms with van der Waals surface area (Å²) in [6.07, 6.45) is 1.99. The van der Waals surface area contributed by atoms with E-state index in [-0.39, 0.29) is 23.2 Å². The second-order valence-electron chi connectivity index (χ2n) is 8.88. The average molecular weight is 449 g/mol. The molecule has 0 amide bonds. The van der Waals surface area contributed by atoms with Crippen LogP contribution in [-0.4, -0.2) is 46.9 Å². The van der Waals surface area contributed by atoms with Gasteiger partial charge >= 0.3 is 5.97 Å². The molecule has 1 saturated heterocycles. The van der Waals surface area contributed by atoms with Gasteiger partial charge in [-0.05, 0) is 50.5 Å². The molecule has 2 heterocycles. The van der Waals surface area contributed by atoms with E-state index in [1.54, 1.807) is 24.3 Å². The lowest BCUT2D eigenvalue weighted by atomic mass is 10.0. The van der Waals surface area contributed by atoms with E-state index in [2.05, 4.69) is 10.2 Å². The summed E-state index contributed by atoms with van der Waals surface area (Å²) in [5, 5.41) is 13.5. The fraction of sp³-hybridized carbons (Fsp3) is 0.400. The number of nitrogens with zero attached hydrogens (tertiary/aromatic N) is 3. The quantitative estimate of drug-likeness (QED) is 0.593. The Kier molecular flexibility index (Phi) is 5.54. The Morgan fingerprint density at radius 1 is 1.21 bits per heavy atom. The van der Waals surface area contributed by atoms with Gasteiger partial charge in [-0.1, -0.05) is 18.2 Å². The van der Waals surface area contributed by atoms with E-state index in [0.29, 0.717) is 48.8 Å². The van der Waals surface area contributed by atoms with Crippen molar-refractivity contribution >= 4 is 28.5 Å². The Hall–Kier alpha value is -3.39. The molecule has 1 aliphatic heterocycles. The first-order valence-corrected chi connectivity index (χ1v) is 11.4. The van der Waals surface area contributed by atoms with E-state index in [0.717, 1.165) is 24.0 Å². The predicted octanol–water partition coefficient (Wildman–Crippen LogP) is 3.75. The van der Waals surface area contributed by atoms with Gasteiger partial charge in [-0.2, -0.15) is 0 Å². The van der Waals surface area contributed by atoms with Crippen LogP contribution in [0.4, 0.5) is 11.6 Å². The molecule has 0 spiro atoms. The lowest BCUT2D eigenvalue weighted by Crippen LogP contribution is -2.40. The molecule has 1 aliphatic carbocycles. The number of nitrogens with one attached hydrogen (secondary N) is 1. The van der Waals surface area contributed by atoms with Gasteiger partial charge < -0.3 is 20.1 Å². The van der Waals surface area contributed by atoms with Crippen LogP contribution in [0.1, 0.15) is 53.3 Å². The van der Waals surface area contributed by atoms with Crippen LogP contribution in [0.15, 0.2) is 41.2 Å². The number of fused-ring (bicyclic) bond motifs is 1. The van der Waals surface area contributed by atoms with Crippen molar-refractivity contribution < 1.29 is 14.6 Å². The molecule has 8 heteroatoms. The molecule has 0 radical (unpaired) electrons. The minimum atomic E-state index is -0.987. The largest absolute Gasteiger partial charge is 0.478 e. The van der Waals surface area contributed by atoms with Crippen LogP contribution in [0.3, 0.4) is 0 Å². The summed E-state index contributed by atoms with van der Waals surface area (Å²) in [6.45, 7) is 6.57. The van der Waals surface area contributed by atoms with Crippen molar-refractivity contribution in [3.05, 3.63) is 63.4 Å². The van der Waals surface area contributed by atoms with Crippen molar-refractivity contribution in [3.63, 3.8) is 0 Å². The smallest absolute Gasteiger partial charge is 0.337 e. The average Bonchev–Trinajstić information content (AvgIpc) is 3.65. The van der Waals surface area contributed by atoms with E-state index < -0.39 is 5.97 Å². The van der Waals surface area contributed by atoms with Gasteiger partial charge in [0.1, 0.15) is 0 Å². The highest BCUT2D eigenvalue weighted by atomic mass is 16.5. The number of rotatable bonds is 6. The van der Waals surface area contributed by atoms with Gasteiger partial charge in [-0.3, -0.25) is 9.36 Å². The molecule has 3 aromatic rings. The van der Waals surface area contributed by atoms with E-state index in [1.807, 2.05) is 30.5 Å². The van der Waals surface area contributed by atoms with Crippen molar-refractivity contribution in [3.8, 4) is 0 Å². The Bertz CT molecular complexity index is 1280. The zero-order valence-corrected chi connectivity index (χ0v) is 18.9. The van der Waals surface area contributed by atoms with E-state index in [9.17, 15) is 14.7 Å². The molecule has 0 unspecified atom stereocenters. The first-order chi connectivity index (χ1) is 15.9. The van der Waals surface area contributed by atoms with Gasteiger partial charge in [-0.15, -0.1) is 0 Å². The summed E-state index contributed by atoms with van der Waals surface area (Å²) >= 11 is 0. The van der Waals surface area contributed by atoms with E-state index >= 15 is 0 Å². The van der Waals surface area contributed by atoms with Crippen LogP contribution in [0.25, 0.3) is 10.9 Å². The van der Waals surface area contributed by atoms with E-state index in [1.165, 1.54) is 0 Å². The van der Waals surface area contributed by atoms with Crippen molar-refractivity contribution in [2.45, 2.75) is 38.8 Å². The number of morpholine rings is 1. The van der Waals surface area contributed by atoms with Crippen molar-refractivity contribution in [1.29, 1.82) is 0 Å². The van der Waals surface area contributed by atoms with Gasteiger partial charge in [0.25, 0.3) is 5.56 Å². The Morgan fingerprint density at radius 2 is 1.94 bits per heavy atom. The molecule has 2 fully saturated rings. The number of anilines is 2. The SMILES string of the molecule is Cc1cc([C@@H](C)Nc2ccccc2C(=O)O)c2nc(N3CCOCC3)n(C3CC3)c(=O)c2c1. The number of ether oxygens (including phenoxy) is 1. The maximum atomic E-state index is 13.7. The number of hydrogen-bond acceptors (Lipinski definition) is 6. The number of benzene rings is 2. The van der Waals surface area contributed by atoms with Crippen LogP contribution in [0, 0.1) is 6.92 Å². The topological polar surface area (TPSA) is 96.7 Å². The zero-order valence-electron chi connectivity index (χ0n) is 18.9. The maximum Gasteiger partial charge on any atom is 0.337 e. The number of carboxylic acid groups (broad SMARTS) is 1. The molecule has 2 N–H and O–H groups in total. The highest BCUT2D eigenvalue weighted by Gasteiger charge is 2.31. The molecular weight excluding hydrogens is 420 g/mol. The van der Waals surface area contributed by atoms with Crippen LogP contribution in [-0.2, 0) is 4.74 Å². The number of hydrogen-bond donors (Lipinski definition) is 2. The Labute approximate surface area is 191 Å². The molecule has 2 aliphatic rings. The standard InChI is InChI=1S/C25H28N4O4/c1-15-13-19(16(2)26-21-6-4-3-5-18(21)24(31)32)22-20(14-15)23(30)29(17-7-8-17)25(27-22)28-9-11-33-12-10-28/h3-6,13-14,16-17,26H,7-12H2,1-2H3,(H,31,32)/t16-/m1/s1. The van der Waals surface area contributed by atoms with Gasteiger partial charge in [0.2, 0.25) is 5.95 Å². The highest BCUT2D eigenvalue weighted by Crippen LogP contribution is 2.38. The summed E-state index contributed by atoms with van der Waals surface area (Å²) in [4.78, 5) is 32.5. The van der Waals surface area contributed by atoms with Gasteiger partial charge in [0.15, 0.2) is 0 Å². The summed E-state index contributed by atoms with van der Waals surface area (Å²) < 4.78 is 7.38. The summed E-state index contributed by atoms with van der Waals surface area (Å²) in [5.41, 5.74) is 3.24. The highest BCUT2D eigenvalue weighted by molar-refractivity contribution is 5.94. The second-order valence-corrected chi connectivity index (χ2v) is 8.88. The lowest BCUT2D eigenvalue weighted by Gasteiger charge is -2.30. The number of para-hydroxylation sites is 1. The van der Waals surface area contributed by atoms with Gasteiger partial charge in [0.05, 0.1) is 35.7 Å². The molecule has 5 rings (SSSR count). The molecular formula is C25H28N4O4. The zero-order chi connectivity index (χ0) is 23.1. The summed E-state index contributed by atoms with van der Waals surface area (Å²) in [7, 11) is 0. The third-order valence-corrected chi connectivity index (χ3v) is 6.36. The first kappa shape index (κ1) is 21.5. The third-order valence-electron chi connectivity index (χ3n) is 6.36. The molecule has 1 aromatic heterocycles. The van der Waals surface area contributed by atoms with Crippen LogP contribution >= 0.6 is 0 Å². The second kappa shape index (κ2) is 8.51. The molecule has 0 bridgehead atoms. The maximum absolute atomic E-state index is 13.7. The molecule has 1 atom stereocenters. The minimum Gasteiger partial charge on any atom is -0.478 e. The van der Waals surface area contributed by atoms with Crippen LogP contribution in [0.2, 0.25) is 0 Å². The number of carbonyl (C=O) groups is 1.